The molecule has 0 bridgehead atoms. The summed E-state index contributed by atoms with van der Waals surface area (Å²) >= 11 is 1.60. The quantitative estimate of drug-likeness (QED) is 0.836. The minimum Gasteiger partial charge on any atom is -0.376 e. The van der Waals surface area contributed by atoms with Crippen molar-refractivity contribution < 1.29 is 9.47 Å². The van der Waals surface area contributed by atoms with E-state index in [2.05, 4.69) is 15.1 Å². The van der Waals surface area contributed by atoms with E-state index in [1.54, 1.807) is 16.8 Å². The molecule has 0 saturated carbocycles. The molecule has 2 fully saturated rings. The topological polar surface area (TPSA) is 47.5 Å². The number of rotatable bonds is 3. The Bertz CT molecular complexity index is 387. The maximum absolute atomic E-state index is 6.06. The summed E-state index contributed by atoms with van der Waals surface area (Å²) in [5.74, 6) is 0. The molecule has 3 heterocycles. The Hall–Kier alpha value is -0.720. The molecule has 2 atom stereocenters. The third-order valence-electron chi connectivity index (χ3n) is 3.74. The van der Waals surface area contributed by atoms with Gasteiger partial charge in [-0.05, 0) is 19.8 Å². The second kappa shape index (κ2) is 5.11. The van der Waals surface area contributed by atoms with E-state index in [0.29, 0.717) is 0 Å². The first-order valence-corrected chi connectivity index (χ1v) is 7.46. The highest BCUT2D eigenvalue weighted by Crippen LogP contribution is 2.37. The zero-order valence-corrected chi connectivity index (χ0v) is 11.5. The fourth-order valence-electron chi connectivity index (χ4n) is 3.00. The van der Waals surface area contributed by atoms with Crippen molar-refractivity contribution in [2.45, 2.75) is 37.9 Å². The molecule has 2 aliphatic rings. The number of hydrogen-bond donors (Lipinski definition) is 0. The van der Waals surface area contributed by atoms with Crippen LogP contribution < -0.4 is 4.90 Å². The fraction of sp³-hybridized carbons (Fsp3) is 0.833. The van der Waals surface area contributed by atoms with Gasteiger partial charge < -0.3 is 14.4 Å². The van der Waals surface area contributed by atoms with E-state index in [0.717, 1.165) is 50.7 Å². The first-order chi connectivity index (χ1) is 8.81. The van der Waals surface area contributed by atoms with Crippen molar-refractivity contribution >= 4 is 16.5 Å². The van der Waals surface area contributed by atoms with Gasteiger partial charge in [0.2, 0.25) is 5.13 Å². The summed E-state index contributed by atoms with van der Waals surface area (Å²) in [4.78, 5) is 2.30. The van der Waals surface area contributed by atoms with Gasteiger partial charge in [-0.3, -0.25) is 0 Å². The zero-order chi connectivity index (χ0) is 12.4. The molecule has 6 heteroatoms. The molecule has 5 nitrogen and oxygen atoms in total. The van der Waals surface area contributed by atoms with E-state index in [1.807, 2.05) is 6.92 Å². The zero-order valence-electron chi connectivity index (χ0n) is 10.7. The Morgan fingerprint density at radius 1 is 1.67 bits per heavy atom. The highest BCUT2D eigenvalue weighted by Gasteiger charge is 2.44. The van der Waals surface area contributed by atoms with Gasteiger partial charge in [0.15, 0.2) is 0 Å². The Morgan fingerprint density at radius 3 is 3.39 bits per heavy atom. The highest BCUT2D eigenvalue weighted by atomic mass is 32.1. The molecule has 0 amide bonds. The summed E-state index contributed by atoms with van der Waals surface area (Å²) in [7, 11) is 0. The third kappa shape index (κ3) is 2.37. The molecule has 3 rings (SSSR count). The van der Waals surface area contributed by atoms with Gasteiger partial charge >= 0.3 is 0 Å². The first kappa shape index (κ1) is 12.3. The summed E-state index contributed by atoms with van der Waals surface area (Å²) in [5.41, 5.74) is 1.76. The lowest BCUT2D eigenvalue weighted by Gasteiger charge is -2.39. The monoisotopic (exact) mass is 269 g/mol. The van der Waals surface area contributed by atoms with Gasteiger partial charge in [0.25, 0.3) is 0 Å². The Balaban J connectivity index is 1.67. The average Bonchev–Trinajstić information content (AvgIpc) is 3.01. The number of hydrogen-bond acceptors (Lipinski definition) is 6. The van der Waals surface area contributed by atoms with Crippen LogP contribution in [-0.2, 0) is 9.47 Å². The van der Waals surface area contributed by atoms with Crippen molar-refractivity contribution in [2.24, 2.45) is 0 Å². The third-order valence-corrected chi connectivity index (χ3v) is 4.49. The van der Waals surface area contributed by atoms with Crippen LogP contribution in [-0.4, -0.2) is 48.2 Å². The van der Waals surface area contributed by atoms with E-state index in [-0.39, 0.29) is 11.7 Å². The molecule has 0 unspecified atom stereocenters. The summed E-state index contributed by atoms with van der Waals surface area (Å²) in [6.45, 7) is 5.52. The van der Waals surface area contributed by atoms with Crippen molar-refractivity contribution in [1.82, 2.24) is 10.2 Å². The first-order valence-electron chi connectivity index (χ1n) is 6.58. The van der Waals surface area contributed by atoms with Crippen LogP contribution in [0.3, 0.4) is 0 Å². The Kier molecular flexibility index (Phi) is 3.50. The molecular formula is C12H19N3O2S. The number of piperidine rings is 1. The van der Waals surface area contributed by atoms with Crippen molar-refractivity contribution in [3.8, 4) is 0 Å². The lowest BCUT2D eigenvalue weighted by molar-refractivity contribution is -0.0117. The van der Waals surface area contributed by atoms with Gasteiger partial charge in [-0.1, -0.05) is 11.3 Å². The molecule has 1 aromatic heterocycles. The summed E-state index contributed by atoms with van der Waals surface area (Å²) in [6.07, 6.45) is 3.56. The average molecular weight is 269 g/mol. The second-order valence-corrected chi connectivity index (χ2v) is 5.83. The van der Waals surface area contributed by atoms with Crippen molar-refractivity contribution in [2.75, 3.05) is 31.2 Å². The largest absolute Gasteiger partial charge is 0.376 e. The molecule has 0 aromatic carbocycles. The van der Waals surface area contributed by atoms with Crippen LogP contribution in [0.1, 0.15) is 26.2 Å². The van der Waals surface area contributed by atoms with Gasteiger partial charge in [0.1, 0.15) is 5.51 Å². The maximum Gasteiger partial charge on any atom is 0.208 e. The number of ether oxygens (including phenoxy) is 2. The van der Waals surface area contributed by atoms with Gasteiger partial charge in [-0.2, -0.15) is 0 Å². The Labute approximate surface area is 111 Å². The maximum atomic E-state index is 6.06. The number of nitrogens with zero attached hydrogens (tertiary/aromatic N) is 3. The van der Waals surface area contributed by atoms with Crippen LogP contribution in [0, 0.1) is 0 Å². The lowest BCUT2D eigenvalue weighted by Crippen LogP contribution is -2.48. The molecular weight excluding hydrogens is 250 g/mol. The van der Waals surface area contributed by atoms with Crippen LogP contribution in [0.2, 0.25) is 0 Å². The van der Waals surface area contributed by atoms with Crippen molar-refractivity contribution in [3.05, 3.63) is 5.51 Å². The van der Waals surface area contributed by atoms with Gasteiger partial charge in [-0.15, -0.1) is 10.2 Å². The number of anilines is 1. The molecule has 1 spiro atoms. The van der Waals surface area contributed by atoms with E-state index in [9.17, 15) is 0 Å². The smallest absolute Gasteiger partial charge is 0.208 e. The van der Waals surface area contributed by atoms with Crippen molar-refractivity contribution in [1.29, 1.82) is 0 Å². The minimum absolute atomic E-state index is 0.0241. The number of aromatic nitrogens is 2. The minimum atomic E-state index is -0.0241. The molecule has 0 N–H and O–H groups in total. The van der Waals surface area contributed by atoms with E-state index in [4.69, 9.17) is 9.47 Å². The van der Waals surface area contributed by atoms with Crippen LogP contribution in [0.25, 0.3) is 0 Å². The van der Waals surface area contributed by atoms with Crippen LogP contribution in [0.4, 0.5) is 5.13 Å². The Morgan fingerprint density at radius 2 is 2.61 bits per heavy atom. The van der Waals surface area contributed by atoms with E-state index >= 15 is 0 Å². The molecule has 2 saturated heterocycles. The lowest BCUT2D eigenvalue weighted by atomic mass is 9.89. The van der Waals surface area contributed by atoms with Crippen LogP contribution >= 0.6 is 11.3 Å². The van der Waals surface area contributed by atoms with Crippen LogP contribution in [0.5, 0.6) is 0 Å². The van der Waals surface area contributed by atoms with Crippen molar-refractivity contribution in [3.63, 3.8) is 0 Å². The SMILES string of the molecule is CCO[C@H]1CO[C@@]2(CCCN(c3nncs3)C2)C1. The summed E-state index contributed by atoms with van der Waals surface area (Å²) in [5, 5.41) is 9.09. The normalized spacial score (nSPS) is 32.3. The van der Waals surface area contributed by atoms with E-state index in [1.165, 1.54) is 0 Å². The molecule has 100 valence electrons. The predicted octanol–water partition coefficient (Wildman–Crippen LogP) is 1.70. The van der Waals surface area contributed by atoms with E-state index < -0.39 is 0 Å². The molecule has 1 aromatic rings. The summed E-state index contributed by atoms with van der Waals surface area (Å²) in [6, 6.07) is 0. The second-order valence-electron chi connectivity index (χ2n) is 5.02. The van der Waals surface area contributed by atoms with Gasteiger partial charge in [0, 0.05) is 26.1 Å². The highest BCUT2D eigenvalue weighted by molar-refractivity contribution is 7.13. The standard InChI is InChI=1S/C12H19N3O2S/c1-2-16-10-6-12(17-7-10)4-3-5-15(8-12)11-14-13-9-18-11/h9-10H,2-8H2,1H3/t10-,12+/m1/s1. The van der Waals surface area contributed by atoms with Gasteiger partial charge in [-0.25, -0.2) is 0 Å². The predicted molar refractivity (Wildman–Crippen MR) is 70.1 cm³/mol. The summed E-state index contributed by atoms with van der Waals surface area (Å²) < 4.78 is 11.8. The van der Waals surface area contributed by atoms with Gasteiger partial charge in [0.05, 0.1) is 18.3 Å². The molecule has 18 heavy (non-hydrogen) atoms. The van der Waals surface area contributed by atoms with Crippen LogP contribution in [0.15, 0.2) is 5.51 Å². The molecule has 0 aliphatic carbocycles. The molecule has 0 radical (unpaired) electrons. The molecule has 2 aliphatic heterocycles. The fourth-order valence-corrected chi connectivity index (χ4v) is 3.58.